The van der Waals surface area contributed by atoms with Gasteiger partial charge in [-0.05, 0) is 24.1 Å². The number of hydrogen-bond acceptors (Lipinski definition) is 5. The molecule has 4 N–H and O–H groups in total. The van der Waals surface area contributed by atoms with Crippen molar-refractivity contribution in [3.8, 4) is 0 Å². The van der Waals surface area contributed by atoms with E-state index in [0.717, 1.165) is 7.11 Å². The number of aliphatic hydroxyl groups is 1. The second-order valence-corrected chi connectivity index (χ2v) is 3.86. The number of rotatable bonds is 5. The lowest BCUT2D eigenvalue weighted by Crippen LogP contribution is -2.36. The molecule has 0 aliphatic rings. The lowest BCUT2D eigenvalue weighted by Gasteiger charge is -2.17. The van der Waals surface area contributed by atoms with Gasteiger partial charge in [0.15, 0.2) is 6.10 Å². The molecular formula is C12H15NO5. The minimum absolute atomic E-state index is 0.0699. The molecule has 6 nitrogen and oxygen atoms in total. The van der Waals surface area contributed by atoms with E-state index in [-0.39, 0.29) is 6.42 Å². The van der Waals surface area contributed by atoms with Gasteiger partial charge in [-0.15, -0.1) is 0 Å². The Balaban J connectivity index is 2.88. The topological polar surface area (TPSA) is 110 Å². The van der Waals surface area contributed by atoms with Gasteiger partial charge in [0.05, 0.1) is 13.0 Å². The number of carboxylic acid groups (broad SMARTS) is 1. The Hall–Kier alpha value is -2.08. The van der Waals surface area contributed by atoms with E-state index in [4.69, 9.17) is 10.8 Å². The molecule has 0 aliphatic heterocycles. The summed E-state index contributed by atoms with van der Waals surface area (Å²) in [6, 6.07) is 6.60. The van der Waals surface area contributed by atoms with Gasteiger partial charge >= 0.3 is 11.9 Å². The Morgan fingerprint density at radius 1 is 1.33 bits per heavy atom. The van der Waals surface area contributed by atoms with Gasteiger partial charge in [0.2, 0.25) is 0 Å². The first kappa shape index (κ1) is 14.0. The lowest BCUT2D eigenvalue weighted by molar-refractivity contribution is -0.161. The second-order valence-electron chi connectivity index (χ2n) is 3.86. The van der Waals surface area contributed by atoms with Gasteiger partial charge in [-0.25, -0.2) is 4.79 Å². The fourth-order valence-electron chi connectivity index (χ4n) is 1.55. The van der Waals surface area contributed by atoms with Crippen LogP contribution in [0.4, 0.5) is 5.69 Å². The summed E-state index contributed by atoms with van der Waals surface area (Å²) in [6.45, 7) is 0. The maximum absolute atomic E-state index is 11.5. The van der Waals surface area contributed by atoms with E-state index in [1.165, 1.54) is 0 Å². The molecule has 18 heavy (non-hydrogen) atoms. The number of carbonyl (C=O) groups is 2. The SMILES string of the molecule is COC(=O)[C@H](Cc1ccc(N)cc1)C(O)C(=O)O. The van der Waals surface area contributed by atoms with Crippen LogP contribution in [0.3, 0.4) is 0 Å². The van der Waals surface area contributed by atoms with Crippen molar-refractivity contribution in [1.29, 1.82) is 0 Å². The minimum Gasteiger partial charge on any atom is -0.479 e. The van der Waals surface area contributed by atoms with E-state index in [0.29, 0.717) is 11.3 Å². The third-order valence-corrected chi connectivity index (χ3v) is 2.57. The fourth-order valence-corrected chi connectivity index (χ4v) is 1.55. The first-order valence-corrected chi connectivity index (χ1v) is 5.28. The predicted molar refractivity (Wildman–Crippen MR) is 63.7 cm³/mol. The molecule has 0 fully saturated rings. The van der Waals surface area contributed by atoms with Crippen molar-refractivity contribution >= 4 is 17.6 Å². The first-order chi connectivity index (χ1) is 8.45. The lowest BCUT2D eigenvalue weighted by atomic mass is 9.94. The van der Waals surface area contributed by atoms with Crippen molar-refractivity contribution in [3.63, 3.8) is 0 Å². The van der Waals surface area contributed by atoms with E-state index in [1.54, 1.807) is 24.3 Å². The van der Waals surface area contributed by atoms with Crippen LogP contribution in [0.2, 0.25) is 0 Å². The Labute approximate surface area is 104 Å². The molecule has 0 amide bonds. The van der Waals surface area contributed by atoms with Gasteiger partial charge in [-0.2, -0.15) is 0 Å². The van der Waals surface area contributed by atoms with Crippen LogP contribution in [0.25, 0.3) is 0 Å². The van der Waals surface area contributed by atoms with Gasteiger partial charge in [0.25, 0.3) is 0 Å². The zero-order chi connectivity index (χ0) is 13.7. The largest absolute Gasteiger partial charge is 0.479 e. The molecule has 6 heteroatoms. The Morgan fingerprint density at radius 2 is 1.89 bits per heavy atom. The van der Waals surface area contributed by atoms with Crippen molar-refractivity contribution in [3.05, 3.63) is 29.8 Å². The van der Waals surface area contributed by atoms with Crippen molar-refractivity contribution in [1.82, 2.24) is 0 Å². The van der Waals surface area contributed by atoms with Crippen LogP contribution in [-0.4, -0.2) is 35.4 Å². The van der Waals surface area contributed by atoms with E-state index < -0.39 is 24.0 Å². The number of nitrogens with two attached hydrogens (primary N) is 1. The van der Waals surface area contributed by atoms with Crippen LogP contribution >= 0.6 is 0 Å². The third kappa shape index (κ3) is 3.46. The first-order valence-electron chi connectivity index (χ1n) is 5.28. The molecule has 0 spiro atoms. The molecule has 0 saturated carbocycles. The van der Waals surface area contributed by atoms with Crippen LogP contribution < -0.4 is 5.73 Å². The average Bonchev–Trinajstić information content (AvgIpc) is 2.36. The summed E-state index contributed by atoms with van der Waals surface area (Å²) in [4.78, 5) is 22.2. The summed E-state index contributed by atoms with van der Waals surface area (Å²) in [7, 11) is 1.15. The van der Waals surface area contributed by atoms with Crippen molar-refractivity contribution in [2.75, 3.05) is 12.8 Å². The maximum atomic E-state index is 11.5. The predicted octanol–water partition coefficient (Wildman–Crippen LogP) is 0.0460. The highest BCUT2D eigenvalue weighted by molar-refractivity contribution is 5.82. The number of ether oxygens (including phenoxy) is 1. The summed E-state index contributed by atoms with van der Waals surface area (Å²) in [5.41, 5.74) is 6.77. The van der Waals surface area contributed by atoms with E-state index >= 15 is 0 Å². The number of nitrogen functional groups attached to an aromatic ring is 1. The summed E-state index contributed by atoms with van der Waals surface area (Å²) in [6.07, 6.45) is -1.73. The normalized spacial score (nSPS) is 13.7. The van der Waals surface area contributed by atoms with Crippen molar-refractivity contribution in [2.24, 2.45) is 5.92 Å². The minimum atomic E-state index is -1.80. The zero-order valence-electron chi connectivity index (χ0n) is 9.87. The number of carbonyl (C=O) groups excluding carboxylic acids is 1. The van der Waals surface area contributed by atoms with Crippen LogP contribution in [-0.2, 0) is 20.7 Å². The number of carboxylic acids is 1. The molecule has 0 saturated heterocycles. The quantitative estimate of drug-likeness (QED) is 0.505. The molecule has 0 aromatic heterocycles. The molecule has 0 bridgehead atoms. The van der Waals surface area contributed by atoms with Gasteiger partial charge in [0.1, 0.15) is 0 Å². The summed E-state index contributed by atoms with van der Waals surface area (Å²) >= 11 is 0. The number of methoxy groups -OCH3 is 1. The number of aliphatic hydroxyl groups excluding tert-OH is 1. The average molecular weight is 253 g/mol. The molecule has 1 rings (SSSR count). The Kier molecular flexibility index (Phi) is 4.67. The van der Waals surface area contributed by atoms with Crippen molar-refractivity contribution in [2.45, 2.75) is 12.5 Å². The summed E-state index contributed by atoms with van der Waals surface area (Å²) in [5.74, 6) is -3.36. The molecule has 0 heterocycles. The van der Waals surface area contributed by atoms with Gasteiger partial charge in [-0.1, -0.05) is 12.1 Å². The van der Waals surface area contributed by atoms with E-state index in [1.807, 2.05) is 0 Å². The van der Waals surface area contributed by atoms with E-state index in [9.17, 15) is 14.7 Å². The van der Waals surface area contributed by atoms with Crippen LogP contribution in [0.5, 0.6) is 0 Å². The number of esters is 1. The Bertz CT molecular complexity index is 429. The molecule has 2 atom stereocenters. The molecule has 0 aliphatic carbocycles. The molecular weight excluding hydrogens is 238 g/mol. The van der Waals surface area contributed by atoms with Crippen LogP contribution in [0.15, 0.2) is 24.3 Å². The third-order valence-electron chi connectivity index (χ3n) is 2.57. The maximum Gasteiger partial charge on any atom is 0.333 e. The highest BCUT2D eigenvalue weighted by atomic mass is 16.5. The fraction of sp³-hybridized carbons (Fsp3) is 0.333. The van der Waals surface area contributed by atoms with Gasteiger partial charge < -0.3 is 20.7 Å². The van der Waals surface area contributed by atoms with Gasteiger partial charge in [0, 0.05) is 5.69 Å². The van der Waals surface area contributed by atoms with Gasteiger partial charge in [-0.3, -0.25) is 4.79 Å². The number of hydrogen-bond donors (Lipinski definition) is 3. The van der Waals surface area contributed by atoms with Crippen LogP contribution in [0.1, 0.15) is 5.56 Å². The Morgan fingerprint density at radius 3 is 2.33 bits per heavy atom. The molecule has 1 aromatic rings. The number of aliphatic carboxylic acids is 1. The van der Waals surface area contributed by atoms with Crippen molar-refractivity contribution < 1.29 is 24.5 Å². The zero-order valence-corrected chi connectivity index (χ0v) is 9.87. The molecule has 1 unspecified atom stereocenters. The molecule has 0 radical (unpaired) electrons. The van der Waals surface area contributed by atoms with Crippen LogP contribution in [0, 0.1) is 5.92 Å². The molecule has 98 valence electrons. The van der Waals surface area contributed by atoms with E-state index in [2.05, 4.69) is 4.74 Å². The smallest absolute Gasteiger partial charge is 0.333 e. The number of benzene rings is 1. The standard InChI is InChI=1S/C12H15NO5/c1-18-12(17)9(10(14)11(15)16)6-7-2-4-8(13)5-3-7/h2-5,9-10,14H,6,13H2,1H3,(H,15,16)/t9-,10?/m1/s1. The monoisotopic (exact) mass is 253 g/mol. The summed E-state index contributed by atoms with van der Waals surface area (Å²) in [5, 5.41) is 18.2. The summed E-state index contributed by atoms with van der Waals surface area (Å²) < 4.78 is 4.49. The highest BCUT2D eigenvalue weighted by Gasteiger charge is 2.32. The second kappa shape index (κ2) is 6.02. The molecule has 1 aromatic carbocycles. The number of anilines is 1. The highest BCUT2D eigenvalue weighted by Crippen LogP contribution is 2.16.